The van der Waals surface area contributed by atoms with Gasteiger partial charge >= 0.3 is 0 Å². The summed E-state index contributed by atoms with van der Waals surface area (Å²) in [5.41, 5.74) is 46.4. The third-order valence-corrected chi connectivity index (χ3v) is 32.9. The first kappa shape index (κ1) is 91.2. The van der Waals surface area contributed by atoms with Gasteiger partial charge in [0.2, 0.25) is 0 Å². The van der Waals surface area contributed by atoms with E-state index in [9.17, 15) is 0 Å². The molecule has 4 saturated carbocycles. The average Bonchev–Trinajstić information content (AvgIpc) is 1.58. The van der Waals surface area contributed by atoms with E-state index in [2.05, 4.69) is 440 Å². The summed E-state index contributed by atoms with van der Waals surface area (Å²) in [6.45, 7) is 26.7. The third kappa shape index (κ3) is 17.1. The number of hydrogen-bond donors (Lipinski definition) is 0. The minimum atomic E-state index is 0.389. The molecule has 4 aliphatic carbocycles. The Kier molecular flexibility index (Phi) is 24.6. The summed E-state index contributed by atoms with van der Waals surface area (Å²) in [4.78, 5) is 0. The molecule has 5 aromatic heterocycles. The third-order valence-electron chi connectivity index (χ3n) is 32.9. The molecule has 0 spiro atoms. The molecular weight excluding hydrogens is 1740 g/mol. The predicted octanol–water partition coefficient (Wildman–Crippen LogP) is 33.1. The van der Waals surface area contributed by atoms with Crippen molar-refractivity contribution in [2.75, 3.05) is 0 Å². The second-order valence-corrected chi connectivity index (χ2v) is 43.7. The lowest BCUT2D eigenvalue weighted by Gasteiger charge is -2.23. The molecule has 712 valence electrons. The van der Waals surface area contributed by atoms with Crippen LogP contribution < -0.4 is 18.3 Å². The van der Waals surface area contributed by atoms with Crippen LogP contribution in [0.5, 0.6) is 0 Å². The normalized spacial score (nSPS) is 15.1. The molecular formula is C134H134N8O+4. The van der Waals surface area contributed by atoms with Crippen LogP contribution in [0.2, 0.25) is 0 Å². The SMILES string of the molecule is CC(C)c1cc(-c2ccccc2)cc(C(C)C)c1-n1cc[n+]2c1-c1cc(-c3ccccc3)ccc1C2.CC(C)c1cc(-c2ccccc2)cc(C(C)C)c1-n1cc[n+]2c1-c1cc3c(cc1C2)oc1ccccc13.Cc1cc(C)cc(-c2cc(C3CCCC3)c(-n3cc[n+]4c3-c3ccccc3C4)c(C3CCCC3)c2)c1.c1ccc(-c2cc(C3CCCC3)c(-n3cc[n+]4c3-c3ccccc3C4)c(C3CCCC3)c2)cc1. The number of fused-ring (bicyclic) bond motifs is 15. The van der Waals surface area contributed by atoms with E-state index in [0.29, 0.717) is 47.3 Å². The van der Waals surface area contributed by atoms with Gasteiger partial charge in [-0.05, 0) is 253 Å². The van der Waals surface area contributed by atoms with Crippen molar-refractivity contribution in [1.29, 1.82) is 0 Å². The Hall–Kier alpha value is -14.3. The van der Waals surface area contributed by atoms with Crippen molar-refractivity contribution in [2.45, 2.75) is 245 Å². The van der Waals surface area contributed by atoms with Crippen LogP contribution in [0.3, 0.4) is 0 Å². The van der Waals surface area contributed by atoms with Gasteiger partial charge in [0.05, 0.1) is 22.3 Å². The minimum Gasteiger partial charge on any atom is -0.456 e. The Morgan fingerprint density at radius 2 is 0.538 bits per heavy atom. The molecule has 0 saturated heterocycles. The number of hydrogen-bond acceptors (Lipinski definition) is 1. The molecule has 8 aliphatic rings. The molecule has 4 aliphatic heterocycles. The van der Waals surface area contributed by atoms with Crippen LogP contribution in [0.25, 0.3) is 146 Å². The monoisotopic (exact) mass is 1870 g/mol. The second-order valence-electron chi connectivity index (χ2n) is 43.7. The highest BCUT2D eigenvalue weighted by Crippen LogP contribution is 2.52. The molecule has 0 bridgehead atoms. The molecule has 0 amide bonds. The van der Waals surface area contributed by atoms with Crippen LogP contribution in [0.1, 0.15) is 283 Å². The number of aryl methyl sites for hydroxylation is 2. The molecule has 0 atom stereocenters. The van der Waals surface area contributed by atoms with E-state index in [4.69, 9.17) is 4.42 Å². The van der Waals surface area contributed by atoms with Gasteiger partial charge in [0.1, 0.15) is 110 Å². The number of rotatable bonds is 17. The Labute approximate surface area is 845 Å². The van der Waals surface area contributed by atoms with E-state index in [0.717, 1.165) is 37.3 Å². The Morgan fingerprint density at radius 1 is 0.238 bits per heavy atom. The van der Waals surface area contributed by atoms with Gasteiger partial charge in [0.25, 0.3) is 23.3 Å². The molecule has 0 unspecified atom stereocenters. The lowest BCUT2D eigenvalue weighted by molar-refractivity contribution is -0.671. The van der Waals surface area contributed by atoms with Crippen LogP contribution >= 0.6 is 0 Å². The fraction of sp³-hybridized carbons (Fsp3) is 0.284. The first-order chi connectivity index (χ1) is 70.0. The highest BCUT2D eigenvalue weighted by Gasteiger charge is 2.42. The minimum absolute atomic E-state index is 0.389. The number of nitrogens with zero attached hydrogens (tertiary/aromatic N) is 8. The quantitative estimate of drug-likeness (QED) is 0.0838. The van der Waals surface area contributed by atoms with E-state index < -0.39 is 0 Å². The number of aromatic nitrogens is 8. The fourth-order valence-corrected chi connectivity index (χ4v) is 25.9. The van der Waals surface area contributed by atoms with Gasteiger partial charge in [-0.2, -0.15) is 18.3 Å². The summed E-state index contributed by atoms with van der Waals surface area (Å²) in [6, 6.07) is 108. The number of benzene rings is 14. The maximum absolute atomic E-state index is 6.21. The fourth-order valence-electron chi connectivity index (χ4n) is 25.9. The highest BCUT2D eigenvalue weighted by atomic mass is 16.3. The molecule has 143 heavy (non-hydrogen) atoms. The van der Waals surface area contributed by atoms with Gasteiger partial charge in [-0.25, -0.2) is 18.3 Å². The lowest BCUT2D eigenvalue weighted by Crippen LogP contribution is -2.30. The number of imidazole rings is 4. The lowest BCUT2D eigenvalue weighted by atomic mass is 9.84. The summed E-state index contributed by atoms with van der Waals surface area (Å²) in [5.74, 6) is 9.48. The van der Waals surface area contributed by atoms with Crippen LogP contribution in [-0.2, 0) is 26.2 Å². The molecule has 27 rings (SSSR count). The summed E-state index contributed by atoms with van der Waals surface area (Å²) < 4.78 is 26.0. The van der Waals surface area contributed by atoms with Crippen molar-refractivity contribution in [3.8, 4) is 124 Å². The molecule has 9 heteroatoms. The van der Waals surface area contributed by atoms with Gasteiger partial charge in [0, 0.05) is 77.5 Å². The van der Waals surface area contributed by atoms with E-state index in [-0.39, 0.29) is 0 Å². The van der Waals surface area contributed by atoms with Gasteiger partial charge in [0.15, 0.2) is 0 Å². The molecule has 19 aromatic rings. The summed E-state index contributed by atoms with van der Waals surface area (Å²) in [5, 5.41) is 2.36. The molecule has 4 fully saturated rings. The Balaban J connectivity index is 0.000000103. The number of furan rings is 1. The zero-order valence-corrected chi connectivity index (χ0v) is 85.1. The maximum Gasteiger partial charge on any atom is 0.294 e. The van der Waals surface area contributed by atoms with Gasteiger partial charge in [-0.3, -0.25) is 0 Å². The second kappa shape index (κ2) is 38.5. The van der Waals surface area contributed by atoms with Crippen LogP contribution in [0.4, 0.5) is 0 Å². The van der Waals surface area contributed by atoms with Crippen molar-refractivity contribution in [3.05, 3.63) is 419 Å². The molecule has 14 aromatic carbocycles. The average molecular weight is 1870 g/mol. The van der Waals surface area contributed by atoms with Crippen LogP contribution in [-0.4, -0.2) is 18.3 Å². The Bertz CT molecular complexity index is 7840. The molecule has 9 heterocycles. The highest BCUT2D eigenvalue weighted by molar-refractivity contribution is 6.06. The first-order valence-corrected chi connectivity index (χ1v) is 53.7. The smallest absolute Gasteiger partial charge is 0.294 e. The van der Waals surface area contributed by atoms with Crippen molar-refractivity contribution in [1.82, 2.24) is 18.3 Å². The largest absolute Gasteiger partial charge is 0.456 e. The first-order valence-electron chi connectivity index (χ1n) is 53.7. The Morgan fingerprint density at radius 3 is 0.923 bits per heavy atom. The van der Waals surface area contributed by atoms with Crippen molar-refractivity contribution < 1.29 is 22.7 Å². The zero-order chi connectivity index (χ0) is 96.8. The van der Waals surface area contributed by atoms with Crippen LogP contribution in [0, 0.1) is 13.8 Å². The topological polar surface area (TPSA) is 48.4 Å². The molecule has 9 nitrogen and oxygen atoms in total. The summed E-state index contributed by atoms with van der Waals surface area (Å²) in [6.07, 6.45) is 39.8. The van der Waals surface area contributed by atoms with Crippen molar-refractivity contribution >= 4 is 21.9 Å². The maximum atomic E-state index is 6.21. The predicted molar refractivity (Wildman–Crippen MR) is 587 cm³/mol. The molecule has 0 N–H and O–H groups in total. The van der Waals surface area contributed by atoms with Gasteiger partial charge in [-0.1, -0.05) is 324 Å². The van der Waals surface area contributed by atoms with Crippen molar-refractivity contribution in [3.63, 3.8) is 0 Å². The van der Waals surface area contributed by atoms with E-state index in [1.807, 2.05) is 6.07 Å². The van der Waals surface area contributed by atoms with Gasteiger partial charge < -0.3 is 4.42 Å². The van der Waals surface area contributed by atoms with Crippen LogP contribution in [0.15, 0.2) is 345 Å². The standard InChI is InChI=1S/C34H31N2O.C34H37N2.C34H33N2.C32H33N2/c1-21(2)27-16-24(23-10-6-5-7-11-23)17-28(22(3)4)33(27)36-15-14-35-20-25-18-32-30(19-29(25)34(35)36)26-12-8-9-13-31(26)37-32;1-23-17-24(2)19-28(18-23)29-20-31(25-9-3-4-10-25)33(32(21-29)26-11-5-6-12-26)36-16-15-35-22-27-13-7-8-14-30(27)34(35)36;1-23(2)30-20-29(26-13-9-6-10-14-26)21-31(24(3)4)33(30)36-18-17-35-22-28-16-15-27(19-32(28)34(35)36)25-11-7-5-8-12-25;1-2-10-23(11-3-1)27-20-29(24-12-4-5-13-24)31(30(21-27)25-14-6-7-15-25)34-19-18-33-22-26-16-8-9-17-28(26)32(33)34/h5-19,21-22H,20H2,1-4H3;7-8,13-21,25-26H,3-6,9-12,22H2,1-2H3;5-21,23-24H,22H2,1-4H3;1-3,8-11,16-21,24-25H,4-7,12-15,22H2/q4*+1. The summed E-state index contributed by atoms with van der Waals surface area (Å²) >= 11 is 0. The molecule has 0 radical (unpaired) electrons. The van der Waals surface area contributed by atoms with E-state index >= 15 is 0 Å². The summed E-state index contributed by atoms with van der Waals surface area (Å²) in [7, 11) is 0. The zero-order valence-electron chi connectivity index (χ0n) is 85.1. The van der Waals surface area contributed by atoms with E-state index in [1.54, 1.807) is 22.3 Å². The van der Waals surface area contributed by atoms with E-state index in [1.165, 1.54) is 293 Å². The van der Waals surface area contributed by atoms with Gasteiger partial charge in [-0.15, -0.1) is 0 Å². The van der Waals surface area contributed by atoms with Crippen molar-refractivity contribution in [2.24, 2.45) is 0 Å². The number of para-hydroxylation sites is 1.